The van der Waals surface area contributed by atoms with Gasteiger partial charge in [0.25, 0.3) is 0 Å². The van der Waals surface area contributed by atoms with Crippen molar-refractivity contribution in [3.05, 3.63) is 0 Å². The molecular formula is C12H28N4O. The van der Waals surface area contributed by atoms with Crippen molar-refractivity contribution in [2.24, 2.45) is 10.8 Å². The Balaban J connectivity index is 4.00. The van der Waals surface area contributed by atoms with Crippen LogP contribution < -0.4 is 16.6 Å². The molecule has 0 bridgehead atoms. The number of nitrogens with zero attached hydrogens (tertiary/aromatic N) is 1. The molecule has 0 saturated heterocycles. The van der Waals surface area contributed by atoms with E-state index < -0.39 is 0 Å². The molecule has 5 heteroatoms. The SMILES string of the molecule is CCCC(C)(C)NC(=NCCCOCC)NN. The quantitative estimate of drug-likeness (QED) is 0.198. The molecule has 0 spiro atoms. The van der Waals surface area contributed by atoms with Crippen molar-refractivity contribution in [1.82, 2.24) is 10.7 Å². The van der Waals surface area contributed by atoms with E-state index in [1.165, 1.54) is 0 Å². The van der Waals surface area contributed by atoms with Crippen LogP contribution in [0.2, 0.25) is 0 Å². The summed E-state index contributed by atoms with van der Waals surface area (Å²) in [6.45, 7) is 10.7. The second-order valence-electron chi connectivity index (χ2n) is 4.68. The maximum atomic E-state index is 5.44. The van der Waals surface area contributed by atoms with Crippen molar-refractivity contribution >= 4 is 5.96 Å². The van der Waals surface area contributed by atoms with E-state index in [1.54, 1.807) is 0 Å². The molecule has 4 N–H and O–H groups in total. The first-order valence-electron chi connectivity index (χ1n) is 6.42. The Labute approximate surface area is 105 Å². The van der Waals surface area contributed by atoms with E-state index in [2.05, 4.69) is 36.5 Å². The summed E-state index contributed by atoms with van der Waals surface area (Å²) in [5.41, 5.74) is 2.62. The molecule has 0 aromatic heterocycles. The Morgan fingerprint density at radius 1 is 1.35 bits per heavy atom. The van der Waals surface area contributed by atoms with E-state index >= 15 is 0 Å². The number of aliphatic imine (C=N–C) groups is 1. The van der Waals surface area contributed by atoms with Gasteiger partial charge in [-0.1, -0.05) is 13.3 Å². The fraction of sp³-hybridized carbons (Fsp3) is 0.917. The van der Waals surface area contributed by atoms with Gasteiger partial charge in [-0.2, -0.15) is 0 Å². The summed E-state index contributed by atoms with van der Waals surface area (Å²) in [7, 11) is 0. The van der Waals surface area contributed by atoms with Crippen LogP contribution in [0.1, 0.15) is 47.0 Å². The molecule has 0 saturated carbocycles. The standard InChI is InChI=1S/C12H28N4O/c1-5-8-12(3,4)15-11(16-13)14-9-7-10-17-6-2/h5-10,13H2,1-4H3,(H2,14,15,16). The van der Waals surface area contributed by atoms with Crippen molar-refractivity contribution in [3.8, 4) is 0 Å². The fourth-order valence-electron chi connectivity index (χ4n) is 1.63. The van der Waals surface area contributed by atoms with E-state index in [1.807, 2.05) is 6.92 Å². The molecule has 0 amide bonds. The molecule has 0 aliphatic rings. The second-order valence-corrected chi connectivity index (χ2v) is 4.68. The van der Waals surface area contributed by atoms with Crippen molar-refractivity contribution in [2.75, 3.05) is 19.8 Å². The lowest BCUT2D eigenvalue weighted by atomic mass is 9.99. The van der Waals surface area contributed by atoms with Gasteiger partial charge < -0.3 is 10.1 Å². The molecule has 0 aromatic rings. The van der Waals surface area contributed by atoms with Gasteiger partial charge in [0.05, 0.1) is 0 Å². The van der Waals surface area contributed by atoms with Gasteiger partial charge >= 0.3 is 0 Å². The molecule has 0 heterocycles. The van der Waals surface area contributed by atoms with Gasteiger partial charge in [0.2, 0.25) is 5.96 Å². The lowest BCUT2D eigenvalue weighted by molar-refractivity contribution is 0.146. The predicted octanol–water partition coefficient (Wildman–Crippen LogP) is 1.40. The van der Waals surface area contributed by atoms with Gasteiger partial charge in [-0.25, -0.2) is 5.84 Å². The van der Waals surface area contributed by atoms with Gasteiger partial charge in [0.1, 0.15) is 0 Å². The summed E-state index contributed by atoms with van der Waals surface area (Å²) in [6.07, 6.45) is 3.11. The highest BCUT2D eigenvalue weighted by Crippen LogP contribution is 2.09. The monoisotopic (exact) mass is 244 g/mol. The topological polar surface area (TPSA) is 71.7 Å². The van der Waals surface area contributed by atoms with Gasteiger partial charge in [0, 0.05) is 25.3 Å². The Morgan fingerprint density at radius 2 is 2.06 bits per heavy atom. The molecule has 0 atom stereocenters. The predicted molar refractivity (Wildman–Crippen MR) is 72.9 cm³/mol. The van der Waals surface area contributed by atoms with Crippen LogP contribution in [-0.2, 0) is 4.74 Å². The molecule has 0 aliphatic heterocycles. The zero-order chi connectivity index (χ0) is 13.1. The average molecular weight is 244 g/mol. The summed E-state index contributed by atoms with van der Waals surface area (Å²) < 4.78 is 5.25. The Morgan fingerprint density at radius 3 is 2.59 bits per heavy atom. The van der Waals surface area contributed by atoms with E-state index in [-0.39, 0.29) is 5.54 Å². The fourth-order valence-corrected chi connectivity index (χ4v) is 1.63. The lowest BCUT2D eigenvalue weighted by Crippen LogP contribution is -2.51. The van der Waals surface area contributed by atoms with E-state index in [0.717, 1.165) is 39.0 Å². The largest absolute Gasteiger partial charge is 0.382 e. The second kappa shape index (κ2) is 9.24. The molecule has 0 aliphatic carbocycles. The molecular weight excluding hydrogens is 216 g/mol. The third-order valence-corrected chi connectivity index (χ3v) is 2.39. The van der Waals surface area contributed by atoms with Crippen LogP contribution in [0.3, 0.4) is 0 Å². The van der Waals surface area contributed by atoms with Crippen molar-refractivity contribution < 1.29 is 4.74 Å². The zero-order valence-corrected chi connectivity index (χ0v) is 11.7. The lowest BCUT2D eigenvalue weighted by Gasteiger charge is -2.27. The van der Waals surface area contributed by atoms with Gasteiger partial charge in [0.15, 0.2) is 0 Å². The number of hydrogen-bond donors (Lipinski definition) is 3. The summed E-state index contributed by atoms with van der Waals surface area (Å²) in [5.74, 6) is 6.10. The summed E-state index contributed by atoms with van der Waals surface area (Å²) in [5, 5.41) is 3.31. The van der Waals surface area contributed by atoms with Crippen LogP contribution in [-0.4, -0.2) is 31.3 Å². The number of rotatable bonds is 8. The molecule has 17 heavy (non-hydrogen) atoms. The third-order valence-electron chi connectivity index (χ3n) is 2.39. The molecule has 5 nitrogen and oxygen atoms in total. The van der Waals surface area contributed by atoms with Crippen LogP contribution in [0.25, 0.3) is 0 Å². The van der Waals surface area contributed by atoms with Crippen molar-refractivity contribution in [1.29, 1.82) is 0 Å². The highest BCUT2D eigenvalue weighted by Gasteiger charge is 2.17. The molecule has 0 rings (SSSR count). The Bertz CT molecular complexity index is 217. The van der Waals surface area contributed by atoms with Crippen LogP contribution in [0.5, 0.6) is 0 Å². The molecule has 102 valence electrons. The number of nitrogens with two attached hydrogens (primary N) is 1. The minimum Gasteiger partial charge on any atom is -0.382 e. The maximum absolute atomic E-state index is 5.44. The first-order valence-corrected chi connectivity index (χ1v) is 6.42. The van der Waals surface area contributed by atoms with Crippen molar-refractivity contribution in [2.45, 2.75) is 52.5 Å². The van der Waals surface area contributed by atoms with E-state index in [0.29, 0.717) is 5.96 Å². The first-order chi connectivity index (χ1) is 8.05. The average Bonchev–Trinajstić information content (AvgIpc) is 2.27. The number of hydrogen-bond acceptors (Lipinski definition) is 3. The minimum atomic E-state index is 0.0138. The molecule has 0 aromatic carbocycles. The van der Waals surface area contributed by atoms with Crippen LogP contribution >= 0.6 is 0 Å². The number of guanidine groups is 1. The smallest absolute Gasteiger partial charge is 0.206 e. The molecule has 0 unspecified atom stereocenters. The zero-order valence-electron chi connectivity index (χ0n) is 11.7. The maximum Gasteiger partial charge on any atom is 0.206 e. The molecule has 0 radical (unpaired) electrons. The van der Waals surface area contributed by atoms with Gasteiger partial charge in [-0.05, 0) is 33.6 Å². The molecule has 0 fully saturated rings. The van der Waals surface area contributed by atoms with Crippen LogP contribution in [0, 0.1) is 0 Å². The number of hydrazine groups is 1. The Kier molecular flexibility index (Phi) is 8.80. The third kappa shape index (κ3) is 8.94. The van der Waals surface area contributed by atoms with Gasteiger partial charge in [-0.15, -0.1) is 0 Å². The van der Waals surface area contributed by atoms with E-state index in [9.17, 15) is 0 Å². The highest BCUT2D eigenvalue weighted by atomic mass is 16.5. The Hall–Kier alpha value is -0.810. The van der Waals surface area contributed by atoms with Crippen LogP contribution in [0.15, 0.2) is 4.99 Å². The van der Waals surface area contributed by atoms with Gasteiger partial charge in [-0.3, -0.25) is 10.4 Å². The van der Waals surface area contributed by atoms with E-state index in [4.69, 9.17) is 10.6 Å². The van der Waals surface area contributed by atoms with Crippen LogP contribution in [0.4, 0.5) is 0 Å². The highest BCUT2D eigenvalue weighted by molar-refractivity contribution is 5.79. The normalized spacial score (nSPS) is 12.6. The summed E-state index contributed by atoms with van der Waals surface area (Å²) in [6, 6.07) is 0. The summed E-state index contributed by atoms with van der Waals surface area (Å²) in [4.78, 5) is 4.37. The number of nitrogens with one attached hydrogen (secondary N) is 2. The minimum absolute atomic E-state index is 0.0138. The first kappa shape index (κ1) is 16.2. The number of ether oxygens (including phenoxy) is 1. The summed E-state index contributed by atoms with van der Waals surface area (Å²) >= 11 is 0. The van der Waals surface area contributed by atoms with Crippen molar-refractivity contribution in [3.63, 3.8) is 0 Å².